The van der Waals surface area contributed by atoms with Crippen LogP contribution >= 0.6 is 22.9 Å². The monoisotopic (exact) mass is 297 g/mol. The van der Waals surface area contributed by atoms with Crippen LogP contribution in [0.15, 0.2) is 12.1 Å². The number of hydrogen-bond donors (Lipinski definition) is 2. The molecule has 100 valence electrons. The summed E-state index contributed by atoms with van der Waals surface area (Å²) >= 11 is 2.06. The zero-order chi connectivity index (χ0) is 13.8. The molecule has 0 aliphatic rings. The smallest absolute Gasteiger partial charge is 0.345 e. The van der Waals surface area contributed by atoms with E-state index >= 15 is 0 Å². The summed E-state index contributed by atoms with van der Waals surface area (Å²) < 4.78 is 3.78. The number of nitrogens with one attached hydrogen (secondary N) is 1. The number of aryl methyl sites for hydroxylation is 1. The van der Waals surface area contributed by atoms with Crippen molar-refractivity contribution < 1.29 is 14.7 Å². The number of hydrogen-bond acceptors (Lipinski definition) is 6. The minimum absolute atomic E-state index is 0.187. The van der Waals surface area contributed by atoms with Gasteiger partial charge in [-0.15, -0.1) is 16.4 Å². The van der Waals surface area contributed by atoms with E-state index in [2.05, 4.69) is 14.9 Å². The first kappa shape index (κ1) is 13.6. The predicted molar refractivity (Wildman–Crippen MR) is 73.1 cm³/mol. The summed E-state index contributed by atoms with van der Waals surface area (Å²) in [5, 5.41) is 15.9. The van der Waals surface area contributed by atoms with Crippen LogP contribution in [0.5, 0.6) is 0 Å². The summed E-state index contributed by atoms with van der Waals surface area (Å²) in [5.74, 6) is -1.30. The maximum Gasteiger partial charge on any atom is 0.345 e. The Morgan fingerprint density at radius 3 is 2.84 bits per heavy atom. The predicted octanol–water partition coefficient (Wildman–Crippen LogP) is 2.50. The van der Waals surface area contributed by atoms with Gasteiger partial charge in [-0.3, -0.25) is 4.79 Å². The minimum atomic E-state index is -1.00. The molecule has 0 aromatic carbocycles. The highest BCUT2D eigenvalue weighted by Gasteiger charge is 2.17. The van der Waals surface area contributed by atoms with E-state index in [4.69, 9.17) is 5.11 Å². The summed E-state index contributed by atoms with van der Waals surface area (Å²) in [6.45, 7) is 2.00. The molecule has 0 bridgehead atoms. The molecule has 0 saturated carbocycles. The fraction of sp³-hybridized carbons (Fsp3) is 0.273. The fourth-order valence-electron chi connectivity index (χ4n) is 1.47. The highest BCUT2D eigenvalue weighted by atomic mass is 32.1. The van der Waals surface area contributed by atoms with Gasteiger partial charge >= 0.3 is 5.97 Å². The lowest BCUT2D eigenvalue weighted by Crippen LogP contribution is -2.11. The molecule has 0 atom stereocenters. The lowest BCUT2D eigenvalue weighted by atomic mass is 10.2. The van der Waals surface area contributed by atoms with Gasteiger partial charge in [0.1, 0.15) is 9.75 Å². The third-order valence-corrected chi connectivity index (χ3v) is 4.06. The van der Waals surface area contributed by atoms with Crippen molar-refractivity contribution in [2.45, 2.75) is 19.8 Å². The molecule has 2 rings (SSSR count). The normalized spacial score (nSPS) is 10.4. The van der Waals surface area contributed by atoms with Gasteiger partial charge in [-0.1, -0.05) is 17.8 Å². The van der Waals surface area contributed by atoms with E-state index in [0.717, 1.165) is 29.3 Å². The van der Waals surface area contributed by atoms with Crippen LogP contribution in [-0.2, 0) is 6.42 Å². The van der Waals surface area contributed by atoms with E-state index in [9.17, 15) is 9.59 Å². The molecule has 2 aromatic heterocycles. The Morgan fingerprint density at radius 2 is 2.21 bits per heavy atom. The summed E-state index contributed by atoms with van der Waals surface area (Å²) in [5.41, 5.74) is 0.681. The van der Waals surface area contributed by atoms with Crippen LogP contribution in [0.25, 0.3) is 0 Å². The van der Waals surface area contributed by atoms with Gasteiger partial charge in [0.2, 0.25) is 0 Å². The van der Waals surface area contributed by atoms with Crippen LogP contribution in [0.4, 0.5) is 5.00 Å². The number of thiophene rings is 1. The third kappa shape index (κ3) is 3.15. The maximum atomic E-state index is 12.0. The number of amides is 1. The molecule has 2 heterocycles. The fourth-order valence-corrected chi connectivity index (χ4v) is 2.81. The molecule has 0 fully saturated rings. The quantitative estimate of drug-likeness (QED) is 0.884. The lowest BCUT2D eigenvalue weighted by molar-refractivity contribution is 0.0702. The molecule has 19 heavy (non-hydrogen) atoms. The van der Waals surface area contributed by atoms with Crippen LogP contribution in [-0.4, -0.2) is 26.6 Å². The van der Waals surface area contributed by atoms with Gasteiger partial charge in [0.25, 0.3) is 5.91 Å². The zero-order valence-corrected chi connectivity index (χ0v) is 11.7. The van der Waals surface area contributed by atoms with E-state index in [0.29, 0.717) is 22.0 Å². The largest absolute Gasteiger partial charge is 0.477 e. The second-order valence-electron chi connectivity index (χ2n) is 3.72. The zero-order valence-electron chi connectivity index (χ0n) is 10.0. The van der Waals surface area contributed by atoms with Crippen molar-refractivity contribution in [3.8, 4) is 0 Å². The number of aromatic carboxylic acids is 1. The van der Waals surface area contributed by atoms with E-state index in [1.807, 2.05) is 6.92 Å². The number of nitrogens with zero attached hydrogens (tertiary/aromatic N) is 2. The van der Waals surface area contributed by atoms with Crippen LogP contribution in [0.1, 0.15) is 38.4 Å². The molecule has 6 nitrogen and oxygen atoms in total. The number of carbonyl (C=O) groups excluding carboxylic acids is 1. The molecule has 0 aliphatic carbocycles. The molecule has 8 heteroatoms. The number of carbonyl (C=O) groups is 2. The van der Waals surface area contributed by atoms with Crippen LogP contribution in [0.3, 0.4) is 0 Å². The Hall–Kier alpha value is -1.80. The first-order valence-corrected chi connectivity index (χ1v) is 7.16. The summed E-state index contributed by atoms with van der Waals surface area (Å²) in [6.07, 6.45) is 1.58. The van der Waals surface area contributed by atoms with Gasteiger partial charge in [0, 0.05) is 0 Å². The Labute approximate surface area is 117 Å². The molecule has 0 spiro atoms. The Morgan fingerprint density at radius 1 is 1.42 bits per heavy atom. The molecule has 0 saturated heterocycles. The highest BCUT2D eigenvalue weighted by Crippen LogP contribution is 2.23. The minimum Gasteiger partial charge on any atom is -0.477 e. The van der Waals surface area contributed by atoms with E-state index in [1.54, 1.807) is 6.07 Å². The maximum absolute atomic E-state index is 12.0. The third-order valence-electron chi connectivity index (χ3n) is 2.30. The summed E-state index contributed by atoms with van der Waals surface area (Å²) in [6, 6.07) is 3.03. The van der Waals surface area contributed by atoms with Gasteiger partial charge in [-0.05, 0) is 30.1 Å². The molecular weight excluding hydrogens is 286 g/mol. The number of rotatable bonds is 5. The summed E-state index contributed by atoms with van der Waals surface area (Å²) in [4.78, 5) is 23.4. The molecule has 0 aliphatic heterocycles. The van der Waals surface area contributed by atoms with Gasteiger partial charge in [0.15, 0.2) is 0 Å². The second-order valence-corrected chi connectivity index (χ2v) is 5.56. The van der Waals surface area contributed by atoms with Gasteiger partial charge in [-0.25, -0.2) is 4.79 Å². The number of aromatic nitrogens is 2. The Bertz CT molecular complexity index is 606. The molecule has 1 amide bonds. The number of carboxylic acids is 1. The van der Waals surface area contributed by atoms with Gasteiger partial charge in [0.05, 0.1) is 10.7 Å². The van der Waals surface area contributed by atoms with Crippen molar-refractivity contribution in [1.29, 1.82) is 0 Å². The van der Waals surface area contributed by atoms with Crippen LogP contribution in [0.2, 0.25) is 0 Å². The van der Waals surface area contributed by atoms with E-state index in [1.165, 1.54) is 6.07 Å². The average Bonchev–Trinajstić information content (AvgIpc) is 2.98. The number of carboxylic acid groups (broad SMARTS) is 1. The molecule has 2 aromatic rings. The average molecular weight is 297 g/mol. The van der Waals surface area contributed by atoms with Crippen molar-refractivity contribution in [2.75, 3.05) is 5.32 Å². The SMILES string of the molecule is CCCc1nnsc1C(=O)Nc1ccc(C(=O)O)s1. The molecular formula is C11H11N3O3S2. The van der Waals surface area contributed by atoms with Gasteiger partial charge < -0.3 is 10.4 Å². The first-order chi connectivity index (χ1) is 9.11. The van der Waals surface area contributed by atoms with Gasteiger partial charge in [-0.2, -0.15) is 0 Å². The Kier molecular flexibility index (Phi) is 4.23. The van der Waals surface area contributed by atoms with Crippen molar-refractivity contribution in [3.63, 3.8) is 0 Å². The van der Waals surface area contributed by atoms with Crippen LogP contribution in [0, 0.1) is 0 Å². The van der Waals surface area contributed by atoms with Crippen molar-refractivity contribution in [1.82, 2.24) is 9.59 Å². The molecule has 0 radical (unpaired) electrons. The van der Waals surface area contributed by atoms with Crippen molar-refractivity contribution in [2.24, 2.45) is 0 Å². The lowest BCUT2D eigenvalue weighted by Gasteiger charge is -2.00. The van der Waals surface area contributed by atoms with E-state index < -0.39 is 5.97 Å². The second kappa shape index (κ2) is 5.89. The number of anilines is 1. The molecule has 0 unspecified atom stereocenters. The van der Waals surface area contributed by atoms with E-state index in [-0.39, 0.29) is 10.8 Å². The molecule has 2 N–H and O–H groups in total. The summed E-state index contributed by atoms with van der Waals surface area (Å²) in [7, 11) is 0. The highest BCUT2D eigenvalue weighted by molar-refractivity contribution is 7.18. The van der Waals surface area contributed by atoms with Crippen molar-refractivity contribution in [3.05, 3.63) is 27.6 Å². The Balaban J connectivity index is 2.11. The standard InChI is InChI=1S/C11H11N3O3S2/c1-2-3-6-9(19-14-13-6)10(15)12-8-5-4-7(18-8)11(16)17/h4-5H,2-3H2,1H3,(H,12,15)(H,16,17). The van der Waals surface area contributed by atoms with Crippen LogP contribution < -0.4 is 5.32 Å². The first-order valence-electron chi connectivity index (χ1n) is 5.57. The van der Waals surface area contributed by atoms with Crippen molar-refractivity contribution >= 4 is 39.7 Å². The topological polar surface area (TPSA) is 92.2 Å².